The van der Waals surface area contributed by atoms with Gasteiger partial charge in [0.15, 0.2) is 0 Å². The van der Waals surface area contributed by atoms with Crippen molar-refractivity contribution in [2.24, 2.45) is 13.0 Å². The van der Waals surface area contributed by atoms with Crippen LogP contribution in [0.2, 0.25) is 0 Å². The first-order valence-electron chi connectivity index (χ1n) is 8.76. The van der Waals surface area contributed by atoms with Gasteiger partial charge in [0.2, 0.25) is 0 Å². The van der Waals surface area contributed by atoms with Crippen molar-refractivity contribution in [1.82, 2.24) is 19.7 Å². The minimum absolute atomic E-state index is 0.283. The molecule has 2 heterocycles. The van der Waals surface area contributed by atoms with Gasteiger partial charge in [-0.3, -0.25) is 4.68 Å². The quantitative estimate of drug-likeness (QED) is 0.738. The molecule has 24 heavy (non-hydrogen) atoms. The van der Waals surface area contributed by atoms with Crippen LogP contribution in [0.5, 0.6) is 0 Å². The monoisotopic (exact) mass is 324 g/mol. The summed E-state index contributed by atoms with van der Waals surface area (Å²) >= 11 is 0. The number of fused-ring (bicyclic) bond motifs is 1. The van der Waals surface area contributed by atoms with Crippen molar-refractivity contribution in [3.63, 3.8) is 0 Å². The van der Waals surface area contributed by atoms with E-state index in [1.165, 1.54) is 27.7 Å². The Bertz CT molecular complexity index is 825. The van der Waals surface area contributed by atoms with Gasteiger partial charge in [0.25, 0.3) is 0 Å². The molecule has 128 valence electrons. The van der Waals surface area contributed by atoms with Gasteiger partial charge < -0.3 is 9.88 Å². The molecule has 0 saturated carbocycles. The maximum absolute atomic E-state index is 4.27. The molecule has 3 rings (SSSR count). The summed E-state index contributed by atoms with van der Waals surface area (Å²) in [5.41, 5.74) is 5.34. The molecule has 0 radical (unpaired) electrons. The molecule has 0 bridgehead atoms. The van der Waals surface area contributed by atoms with E-state index in [1.54, 1.807) is 0 Å². The third kappa shape index (κ3) is 3.24. The summed E-state index contributed by atoms with van der Waals surface area (Å²) in [4.78, 5) is 0. The molecule has 0 aliphatic carbocycles. The third-order valence-corrected chi connectivity index (χ3v) is 4.72. The van der Waals surface area contributed by atoms with Gasteiger partial charge in [-0.05, 0) is 31.4 Å². The number of hydrogen-bond donors (Lipinski definition) is 1. The second-order valence-corrected chi connectivity index (χ2v) is 7.14. The number of benzene rings is 1. The number of nitrogens with zero attached hydrogens (tertiary/aromatic N) is 3. The smallest absolute Gasteiger partial charge is 0.0537 e. The Morgan fingerprint density at radius 1 is 1.17 bits per heavy atom. The molecule has 0 aliphatic heterocycles. The number of para-hydroxylation sites is 1. The van der Waals surface area contributed by atoms with Gasteiger partial charge >= 0.3 is 0 Å². The minimum atomic E-state index is 0.283. The molecule has 2 aromatic heterocycles. The van der Waals surface area contributed by atoms with Crippen LogP contribution < -0.4 is 5.32 Å². The maximum Gasteiger partial charge on any atom is 0.0537 e. The summed E-state index contributed by atoms with van der Waals surface area (Å²) in [7, 11) is 1.96. The lowest BCUT2D eigenvalue weighted by Gasteiger charge is -2.14. The molecule has 0 saturated heterocycles. The lowest BCUT2D eigenvalue weighted by molar-refractivity contribution is 0.523. The zero-order chi connectivity index (χ0) is 17.3. The van der Waals surface area contributed by atoms with Crippen LogP contribution in [0.1, 0.15) is 43.6 Å². The molecule has 1 atom stereocenters. The molecule has 4 heteroatoms. The van der Waals surface area contributed by atoms with Crippen LogP contribution in [0.4, 0.5) is 0 Å². The van der Waals surface area contributed by atoms with E-state index in [9.17, 15) is 0 Å². The molecule has 1 N–H and O–H groups in total. The van der Waals surface area contributed by atoms with Gasteiger partial charge in [-0.2, -0.15) is 5.10 Å². The fourth-order valence-corrected chi connectivity index (χ4v) is 3.36. The zero-order valence-electron chi connectivity index (χ0n) is 15.4. The fourth-order valence-electron chi connectivity index (χ4n) is 3.36. The van der Waals surface area contributed by atoms with Gasteiger partial charge in [0.05, 0.1) is 6.20 Å². The Labute approximate surface area is 144 Å². The van der Waals surface area contributed by atoms with Crippen molar-refractivity contribution >= 4 is 10.9 Å². The predicted molar refractivity (Wildman–Crippen MR) is 100.0 cm³/mol. The van der Waals surface area contributed by atoms with E-state index < -0.39 is 0 Å². The van der Waals surface area contributed by atoms with Gasteiger partial charge in [-0.15, -0.1) is 0 Å². The topological polar surface area (TPSA) is 34.8 Å². The van der Waals surface area contributed by atoms with E-state index in [4.69, 9.17) is 0 Å². The van der Waals surface area contributed by atoms with Crippen molar-refractivity contribution in [3.05, 3.63) is 53.5 Å². The number of hydrogen-bond acceptors (Lipinski definition) is 2. The van der Waals surface area contributed by atoms with E-state index in [1.807, 2.05) is 17.9 Å². The normalized spacial score (nSPS) is 13.1. The van der Waals surface area contributed by atoms with Gasteiger partial charge in [-0.1, -0.05) is 32.0 Å². The summed E-state index contributed by atoms with van der Waals surface area (Å²) in [5.74, 6) is 0.634. The highest BCUT2D eigenvalue weighted by Crippen LogP contribution is 2.27. The van der Waals surface area contributed by atoms with E-state index in [2.05, 4.69) is 73.1 Å². The van der Waals surface area contributed by atoms with Crippen LogP contribution >= 0.6 is 0 Å². The highest BCUT2D eigenvalue weighted by molar-refractivity contribution is 5.85. The third-order valence-electron chi connectivity index (χ3n) is 4.72. The summed E-state index contributed by atoms with van der Waals surface area (Å²) in [6.07, 6.45) is 4.01. The van der Waals surface area contributed by atoms with Gasteiger partial charge in [-0.25, -0.2) is 0 Å². The van der Waals surface area contributed by atoms with Crippen molar-refractivity contribution in [2.45, 2.75) is 46.8 Å². The molecule has 4 nitrogen and oxygen atoms in total. The maximum atomic E-state index is 4.27. The molecule has 0 aliphatic rings. The predicted octanol–water partition coefficient (Wildman–Crippen LogP) is 4.19. The molecule has 0 fully saturated rings. The second kappa shape index (κ2) is 6.81. The number of aromatic nitrogens is 3. The average Bonchev–Trinajstić information content (AvgIpc) is 3.09. The highest BCUT2D eigenvalue weighted by Gasteiger charge is 2.15. The summed E-state index contributed by atoms with van der Waals surface area (Å²) in [6.45, 7) is 10.9. The first kappa shape index (κ1) is 16.8. The second-order valence-electron chi connectivity index (χ2n) is 7.14. The van der Waals surface area contributed by atoms with Crippen LogP contribution in [-0.4, -0.2) is 14.3 Å². The molecule has 3 aromatic rings. The SMILES string of the molecule is Cc1c(CN[C@@H](C)c2cnn(C)c2)c2ccccc2n1CC(C)C. The standard InChI is InChI=1S/C20H28N4/c1-14(2)12-24-16(4)19(18-8-6-7-9-20(18)24)11-21-15(3)17-10-22-23(5)13-17/h6-10,13-15,21H,11-12H2,1-5H3/t15-/m0/s1. The number of aryl methyl sites for hydroxylation is 1. The molecule has 0 amide bonds. The highest BCUT2D eigenvalue weighted by atomic mass is 15.2. The van der Waals surface area contributed by atoms with Crippen molar-refractivity contribution in [2.75, 3.05) is 0 Å². The van der Waals surface area contributed by atoms with Gasteiger partial charge in [0.1, 0.15) is 0 Å². The zero-order valence-corrected chi connectivity index (χ0v) is 15.4. The van der Waals surface area contributed by atoms with Crippen LogP contribution in [0.15, 0.2) is 36.7 Å². The Balaban J connectivity index is 1.87. The lowest BCUT2D eigenvalue weighted by Crippen LogP contribution is -2.18. The summed E-state index contributed by atoms with van der Waals surface area (Å²) in [5, 5.41) is 9.29. The van der Waals surface area contributed by atoms with Crippen LogP contribution in [-0.2, 0) is 20.1 Å². The van der Waals surface area contributed by atoms with Crippen LogP contribution in [0, 0.1) is 12.8 Å². The Morgan fingerprint density at radius 3 is 2.58 bits per heavy atom. The van der Waals surface area contributed by atoms with E-state index in [-0.39, 0.29) is 6.04 Å². The molecule has 1 aromatic carbocycles. The largest absolute Gasteiger partial charge is 0.344 e. The number of nitrogens with one attached hydrogen (secondary N) is 1. The summed E-state index contributed by atoms with van der Waals surface area (Å²) in [6, 6.07) is 9.03. The van der Waals surface area contributed by atoms with E-state index >= 15 is 0 Å². The van der Waals surface area contributed by atoms with Crippen molar-refractivity contribution < 1.29 is 0 Å². The molecule has 0 unspecified atom stereocenters. The molecule has 0 spiro atoms. The van der Waals surface area contributed by atoms with Crippen LogP contribution in [0.25, 0.3) is 10.9 Å². The average molecular weight is 324 g/mol. The van der Waals surface area contributed by atoms with Crippen LogP contribution in [0.3, 0.4) is 0 Å². The molecular formula is C20H28N4. The van der Waals surface area contributed by atoms with Crippen molar-refractivity contribution in [1.29, 1.82) is 0 Å². The lowest BCUT2D eigenvalue weighted by atomic mass is 10.1. The number of rotatable bonds is 6. The summed E-state index contributed by atoms with van der Waals surface area (Å²) < 4.78 is 4.32. The molecular weight excluding hydrogens is 296 g/mol. The fraction of sp³-hybridized carbons (Fsp3) is 0.450. The Kier molecular flexibility index (Phi) is 4.76. The van der Waals surface area contributed by atoms with Gasteiger partial charge in [0, 0.05) is 54.5 Å². The van der Waals surface area contributed by atoms with E-state index in [0.717, 1.165) is 13.1 Å². The van der Waals surface area contributed by atoms with Crippen molar-refractivity contribution in [3.8, 4) is 0 Å². The Morgan fingerprint density at radius 2 is 1.92 bits per heavy atom. The first-order valence-corrected chi connectivity index (χ1v) is 8.76. The van der Waals surface area contributed by atoms with E-state index in [0.29, 0.717) is 5.92 Å². The first-order chi connectivity index (χ1) is 11.5. The Hall–Kier alpha value is -2.07. The minimum Gasteiger partial charge on any atom is -0.344 e.